The van der Waals surface area contributed by atoms with Gasteiger partial charge in [0.15, 0.2) is 0 Å². The summed E-state index contributed by atoms with van der Waals surface area (Å²) in [6.45, 7) is 11.1. The predicted octanol–water partition coefficient (Wildman–Crippen LogP) is 0.560. The van der Waals surface area contributed by atoms with E-state index in [-0.39, 0.29) is 11.9 Å². The van der Waals surface area contributed by atoms with Crippen LogP contribution in [-0.4, -0.2) is 64.7 Å². The maximum absolute atomic E-state index is 11.3. The summed E-state index contributed by atoms with van der Waals surface area (Å²) in [6.07, 6.45) is 0.395. The topological polar surface area (TPSA) is 68.8 Å². The molecule has 0 aliphatic carbocycles. The Labute approximate surface area is 122 Å². The highest BCUT2D eigenvalue weighted by Crippen LogP contribution is 1.87. The average molecular weight is 290 g/mol. The highest BCUT2D eigenvalue weighted by atomic mass is 16.5. The van der Waals surface area contributed by atoms with Gasteiger partial charge in [-0.15, -0.1) is 0 Å². The van der Waals surface area contributed by atoms with Gasteiger partial charge in [-0.1, -0.05) is 6.92 Å². The maximum atomic E-state index is 11.3. The summed E-state index contributed by atoms with van der Waals surface area (Å²) >= 11 is 0. The standard InChI is InChI=1S/C14H30N2O4/c1-4-15-6-8-19-10-12-20-11-9-18-7-5-14(17)16-13(2)3/h13,15H,4-12H2,1-3H3,(H,16,17). The lowest BCUT2D eigenvalue weighted by atomic mass is 10.3. The van der Waals surface area contributed by atoms with Crippen molar-refractivity contribution in [1.82, 2.24) is 10.6 Å². The molecule has 0 bridgehead atoms. The third-order valence-corrected chi connectivity index (χ3v) is 2.34. The van der Waals surface area contributed by atoms with Gasteiger partial charge in [-0.2, -0.15) is 0 Å². The Morgan fingerprint density at radius 1 is 0.950 bits per heavy atom. The lowest BCUT2D eigenvalue weighted by Gasteiger charge is -2.09. The zero-order valence-corrected chi connectivity index (χ0v) is 13.1. The van der Waals surface area contributed by atoms with Crippen molar-refractivity contribution in [2.24, 2.45) is 0 Å². The van der Waals surface area contributed by atoms with Crippen LogP contribution in [0, 0.1) is 0 Å². The summed E-state index contributed by atoms with van der Waals surface area (Å²) in [5, 5.41) is 5.99. The number of hydrogen-bond donors (Lipinski definition) is 2. The first kappa shape index (κ1) is 19.3. The van der Waals surface area contributed by atoms with E-state index in [1.165, 1.54) is 0 Å². The monoisotopic (exact) mass is 290 g/mol. The Kier molecular flexibility index (Phi) is 14.2. The predicted molar refractivity (Wildman–Crippen MR) is 78.9 cm³/mol. The van der Waals surface area contributed by atoms with Crippen molar-refractivity contribution < 1.29 is 19.0 Å². The molecule has 0 rings (SSSR count). The highest BCUT2D eigenvalue weighted by Gasteiger charge is 2.02. The van der Waals surface area contributed by atoms with E-state index in [0.717, 1.165) is 13.1 Å². The van der Waals surface area contributed by atoms with Crippen molar-refractivity contribution >= 4 is 5.91 Å². The second kappa shape index (κ2) is 14.7. The summed E-state index contributed by atoms with van der Waals surface area (Å²) in [5.41, 5.74) is 0. The van der Waals surface area contributed by atoms with Crippen LogP contribution in [0.5, 0.6) is 0 Å². The number of nitrogens with one attached hydrogen (secondary N) is 2. The molecule has 2 N–H and O–H groups in total. The number of rotatable bonds is 14. The van der Waals surface area contributed by atoms with Gasteiger partial charge in [-0.3, -0.25) is 4.79 Å². The van der Waals surface area contributed by atoms with E-state index in [9.17, 15) is 4.79 Å². The summed E-state index contributed by atoms with van der Waals surface area (Å²) in [4.78, 5) is 11.3. The minimum absolute atomic E-state index is 0.0232. The molecule has 0 aliphatic rings. The van der Waals surface area contributed by atoms with Crippen LogP contribution in [0.1, 0.15) is 27.2 Å². The Morgan fingerprint density at radius 3 is 2.05 bits per heavy atom. The molecule has 0 unspecified atom stereocenters. The summed E-state index contributed by atoms with van der Waals surface area (Å²) in [7, 11) is 0. The first-order valence-corrected chi connectivity index (χ1v) is 7.40. The normalized spacial score (nSPS) is 11.0. The summed E-state index contributed by atoms with van der Waals surface area (Å²) in [6, 6.07) is 0.179. The number of likely N-dealkylation sites (N-methyl/N-ethyl adjacent to an activating group) is 1. The van der Waals surface area contributed by atoms with Crippen LogP contribution in [0.3, 0.4) is 0 Å². The molecule has 120 valence electrons. The fraction of sp³-hybridized carbons (Fsp3) is 0.929. The van der Waals surface area contributed by atoms with Gasteiger partial charge in [0, 0.05) is 19.0 Å². The molecule has 6 heteroatoms. The molecule has 6 nitrogen and oxygen atoms in total. The van der Waals surface area contributed by atoms with Gasteiger partial charge >= 0.3 is 0 Å². The third kappa shape index (κ3) is 15.4. The SMILES string of the molecule is CCNCCOCCOCCOCCC(=O)NC(C)C. The molecule has 20 heavy (non-hydrogen) atoms. The molecule has 0 aliphatic heterocycles. The molecule has 0 saturated carbocycles. The molecule has 0 atom stereocenters. The quantitative estimate of drug-likeness (QED) is 0.458. The number of carbonyl (C=O) groups is 1. The summed E-state index contributed by atoms with van der Waals surface area (Å²) in [5.74, 6) is 0.0232. The smallest absolute Gasteiger partial charge is 0.222 e. The highest BCUT2D eigenvalue weighted by molar-refractivity contribution is 5.76. The third-order valence-electron chi connectivity index (χ3n) is 2.34. The van der Waals surface area contributed by atoms with Crippen molar-refractivity contribution in [1.29, 1.82) is 0 Å². The molecular weight excluding hydrogens is 260 g/mol. The van der Waals surface area contributed by atoms with E-state index in [4.69, 9.17) is 14.2 Å². The Hall–Kier alpha value is -0.690. The fourth-order valence-electron chi connectivity index (χ4n) is 1.42. The van der Waals surface area contributed by atoms with Gasteiger partial charge in [0.1, 0.15) is 0 Å². The maximum Gasteiger partial charge on any atom is 0.222 e. The van der Waals surface area contributed by atoms with E-state index in [1.807, 2.05) is 13.8 Å². The van der Waals surface area contributed by atoms with Crippen LogP contribution in [0.4, 0.5) is 0 Å². The first-order valence-electron chi connectivity index (χ1n) is 7.40. The van der Waals surface area contributed by atoms with E-state index in [1.54, 1.807) is 0 Å². The molecule has 0 heterocycles. The van der Waals surface area contributed by atoms with Crippen LogP contribution in [-0.2, 0) is 19.0 Å². The average Bonchev–Trinajstić information content (AvgIpc) is 2.39. The fourth-order valence-corrected chi connectivity index (χ4v) is 1.42. The van der Waals surface area contributed by atoms with Crippen LogP contribution >= 0.6 is 0 Å². The van der Waals surface area contributed by atoms with Gasteiger partial charge in [-0.25, -0.2) is 0 Å². The Morgan fingerprint density at radius 2 is 1.50 bits per heavy atom. The number of amides is 1. The van der Waals surface area contributed by atoms with Crippen LogP contribution in [0.2, 0.25) is 0 Å². The van der Waals surface area contributed by atoms with Gasteiger partial charge < -0.3 is 24.8 Å². The van der Waals surface area contributed by atoms with Crippen molar-refractivity contribution in [3.05, 3.63) is 0 Å². The lowest BCUT2D eigenvalue weighted by Crippen LogP contribution is -2.30. The second-order valence-corrected chi connectivity index (χ2v) is 4.66. The molecule has 0 radical (unpaired) electrons. The molecule has 0 aromatic rings. The van der Waals surface area contributed by atoms with Crippen molar-refractivity contribution in [3.8, 4) is 0 Å². The van der Waals surface area contributed by atoms with Gasteiger partial charge in [0.05, 0.1) is 39.6 Å². The minimum atomic E-state index is 0.0232. The van der Waals surface area contributed by atoms with Gasteiger partial charge in [0.25, 0.3) is 0 Å². The molecular formula is C14H30N2O4. The van der Waals surface area contributed by atoms with Crippen LogP contribution in [0.25, 0.3) is 0 Å². The van der Waals surface area contributed by atoms with Crippen molar-refractivity contribution in [3.63, 3.8) is 0 Å². The zero-order chi connectivity index (χ0) is 15.1. The van der Waals surface area contributed by atoms with Crippen LogP contribution < -0.4 is 10.6 Å². The van der Waals surface area contributed by atoms with Crippen molar-refractivity contribution in [2.45, 2.75) is 33.2 Å². The van der Waals surface area contributed by atoms with E-state index in [0.29, 0.717) is 46.1 Å². The second-order valence-electron chi connectivity index (χ2n) is 4.66. The van der Waals surface area contributed by atoms with Crippen LogP contribution in [0.15, 0.2) is 0 Å². The Bertz CT molecular complexity index is 225. The largest absolute Gasteiger partial charge is 0.379 e. The van der Waals surface area contributed by atoms with E-state index >= 15 is 0 Å². The van der Waals surface area contributed by atoms with Crippen molar-refractivity contribution in [2.75, 3.05) is 52.7 Å². The lowest BCUT2D eigenvalue weighted by molar-refractivity contribution is -0.122. The zero-order valence-electron chi connectivity index (χ0n) is 13.1. The Balaban J connectivity index is 3.08. The number of hydrogen-bond acceptors (Lipinski definition) is 5. The van der Waals surface area contributed by atoms with Gasteiger partial charge in [-0.05, 0) is 20.4 Å². The van der Waals surface area contributed by atoms with Gasteiger partial charge in [0.2, 0.25) is 5.91 Å². The van der Waals surface area contributed by atoms with E-state index < -0.39 is 0 Å². The molecule has 1 amide bonds. The van der Waals surface area contributed by atoms with E-state index in [2.05, 4.69) is 17.6 Å². The number of carbonyl (C=O) groups excluding carboxylic acids is 1. The number of ether oxygens (including phenoxy) is 3. The molecule has 0 aromatic carbocycles. The molecule has 0 aromatic heterocycles. The minimum Gasteiger partial charge on any atom is -0.379 e. The molecule has 0 spiro atoms. The molecule has 0 fully saturated rings. The molecule has 0 saturated heterocycles. The summed E-state index contributed by atoms with van der Waals surface area (Å²) < 4.78 is 16.0. The first-order chi connectivity index (χ1) is 9.66.